The maximum atomic E-state index is 4.13. The molecule has 1 aromatic heterocycles. The van der Waals surface area contributed by atoms with Crippen LogP contribution in [0.4, 0.5) is 0 Å². The van der Waals surface area contributed by atoms with E-state index < -0.39 is 0 Å². The standard InChI is InChI=1S/C8H9BrN2S/c9-7-3-6(4-10-5-7)8-11-1-2-12-8/h3-5,8,11H,1-2H2. The van der Waals surface area contributed by atoms with Crippen LogP contribution in [0.1, 0.15) is 10.9 Å². The summed E-state index contributed by atoms with van der Waals surface area (Å²) in [6, 6.07) is 2.11. The summed E-state index contributed by atoms with van der Waals surface area (Å²) in [4.78, 5) is 4.13. The smallest absolute Gasteiger partial charge is 0.0805 e. The third-order valence-corrected chi connectivity index (χ3v) is 3.39. The van der Waals surface area contributed by atoms with Crippen molar-refractivity contribution in [2.24, 2.45) is 0 Å². The minimum atomic E-state index is 0.440. The Morgan fingerprint density at radius 3 is 3.17 bits per heavy atom. The Balaban J connectivity index is 2.21. The maximum Gasteiger partial charge on any atom is 0.0805 e. The van der Waals surface area contributed by atoms with E-state index in [0.29, 0.717) is 5.37 Å². The fourth-order valence-corrected chi connectivity index (χ4v) is 2.62. The average molecular weight is 245 g/mol. The number of hydrogen-bond donors (Lipinski definition) is 1. The second-order valence-electron chi connectivity index (χ2n) is 2.64. The third-order valence-electron chi connectivity index (χ3n) is 1.75. The van der Waals surface area contributed by atoms with Crippen molar-refractivity contribution < 1.29 is 0 Å². The monoisotopic (exact) mass is 244 g/mol. The summed E-state index contributed by atoms with van der Waals surface area (Å²) in [5.74, 6) is 1.19. The molecule has 12 heavy (non-hydrogen) atoms. The van der Waals surface area contributed by atoms with Crippen molar-refractivity contribution in [3.63, 3.8) is 0 Å². The predicted octanol–water partition coefficient (Wildman–Crippen LogP) is 2.18. The number of nitrogens with one attached hydrogen (secondary N) is 1. The molecule has 0 bridgehead atoms. The number of halogens is 1. The quantitative estimate of drug-likeness (QED) is 0.820. The van der Waals surface area contributed by atoms with Crippen LogP contribution >= 0.6 is 27.7 Å². The largest absolute Gasteiger partial charge is 0.301 e. The minimum absolute atomic E-state index is 0.440. The number of rotatable bonds is 1. The molecular weight excluding hydrogens is 236 g/mol. The first-order valence-electron chi connectivity index (χ1n) is 3.82. The molecule has 1 N–H and O–H groups in total. The van der Waals surface area contributed by atoms with Gasteiger partial charge in [0.2, 0.25) is 0 Å². The Morgan fingerprint density at radius 1 is 1.58 bits per heavy atom. The first-order chi connectivity index (χ1) is 5.86. The van der Waals surface area contributed by atoms with Crippen LogP contribution in [0.5, 0.6) is 0 Å². The van der Waals surface area contributed by atoms with Crippen molar-refractivity contribution in [2.45, 2.75) is 5.37 Å². The van der Waals surface area contributed by atoms with Gasteiger partial charge in [-0.1, -0.05) is 0 Å². The summed E-state index contributed by atoms with van der Waals surface area (Å²) in [7, 11) is 0. The topological polar surface area (TPSA) is 24.9 Å². The van der Waals surface area contributed by atoms with Gasteiger partial charge in [-0.25, -0.2) is 0 Å². The Hall–Kier alpha value is -0.0600. The van der Waals surface area contributed by atoms with E-state index in [4.69, 9.17) is 0 Å². The second kappa shape index (κ2) is 3.77. The normalized spacial score (nSPS) is 22.9. The Kier molecular flexibility index (Phi) is 2.68. The lowest BCUT2D eigenvalue weighted by Gasteiger charge is -2.08. The fraction of sp³-hybridized carbons (Fsp3) is 0.375. The Labute approximate surface area is 84.3 Å². The molecule has 1 fully saturated rings. The molecule has 1 aliphatic heterocycles. The zero-order chi connectivity index (χ0) is 8.39. The molecule has 64 valence electrons. The lowest BCUT2D eigenvalue weighted by Crippen LogP contribution is -2.12. The highest BCUT2D eigenvalue weighted by Crippen LogP contribution is 2.30. The summed E-state index contributed by atoms with van der Waals surface area (Å²) >= 11 is 5.34. The number of thioether (sulfide) groups is 1. The van der Waals surface area contributed by atoms with Crippen molar-refractivity contribution in [2.75, 3.05) is 12.3 Å². The van der Waals surface area contributed by atoms with Gasteiger partial charge < -0.3 is 5.32 Å². The fourth-order valence-electron chi connectivity index (χ4n) is 1.21. The van der Waals surface area contributed by atoms with E-state index in [2.05, 4.69) is 32.3 Å². The van der Waals surface area contributed by atoms with Crippen molar-refractivity contribution in [3.05, 3.63) is 28.5 Å². The summed E-state index contributed by atoms with van der Waals surface area (Å²) < 4.78 is 1.05. The summed E-state index contributed by atoms with van der Waals surface area (Å²) in [5, 5.41) is 3.84. The highest BCUT2D eigenvalue weighted by molar-refractivity contribution is 9.10. The molecule has 0 radical (unpaired) electrons. The van der Waals surface area contributed by atoms with E-state index in [1.54, 1.807) is 0 Å². The van der Waals surface area contributed by atoms with Crippen LogP contribution in [-0.2, 0) is 0 Å². The van der Waals surface area contributed by atoms with E-state index in [-0.39, 0.29) is 0 Å². The first kappa shape index (κ1) is 8.53. The Morgan fingerprint density at radius 2 is 2.50 bits per heavy atom. The summed E-state index contributed by atoms with van der Waals surface area (Å²) in [6.07, 6.45) is 3.73. The summed E-state index contributed by atoms with van der Waals surface area (Å²) in [6.45, 7) is 1.10. The van der Waals surface area contributed by atoms with E-state index in [1.807, 2.05) is 24.2 Å². The molecule has 0 aliphatic carbocycles. The van der Waals surface area contributed by atoms with Gasteiger partial charge in [0.1, 0.15) is 0 Å². The van der Waals surface area contributed by atoms with Crippen LogP contribution < -0.4 is 5.32 Å². The first-order valence-corrected chi connectivity index (χ1v) is 5.66. The van der Waals surface area contributed by atoms with Crippen LogP contribution in [0.25, 0.3) is 0 Å². The van der Waals surface area contributed by atoms with Gasteiger partial charge >= 0.3 is 0 Å². The van der Waals surface area contributed by atoms with E-state index in [1.165, 1.54) is 11.3 Å². The van der Waals surface area contributed by atoms with Crippen LogP contribution in [0.3, 0.4) is 0 Å². The molecule has 2 nitrogen and oxygen atoms in total. The maximum absolute atomic E-state index is 4.13. The Bertz CT molecular complexity index is 274. The molecule has 1 aliphatic rings. The molecule has 1 saturated heterocycles. The van der Waals surface area contributed by atoms with Crippen molar-refractivity contribution in [3.8, 4) is 0 Å². The van der Waals surface area contributed by atoms with E-state index in [9.17, 15) is 0 Å². The highest BCUT2D eigenvalue weighted by Gasteiger charge is 2.16. The highest BCUT2D eigenvalue weighted by atomic mass is 79.9. The van der Waals surface area contributed by atoms with Gasteiger partial charge in [0.05, 0.1) is 5.37 Å². The minimum Gasteiger partial charge on any atom is -0.301 e. The lowest BCUT2D eigenvalue weighted by atomic mass is 10.3. The van der Waals surface area contributed by atoms with Gasteiger partial charge in [-0.3, -0.25) is 4.98 Å². The van der Waals surface area contributed by atoms with Gasteiger partial charge in [-0.2, -0.15) is 0 Å². The van der Waals surface area contributed by atoms with Crippen LogP contribution in [0.2, 0.25) is 0 Å². The average Bonchev–Trinajstić information content (AvgIpc) is 2.56. The van der Waals surface area contributed by atoms with Gasteiger partial charge in [0, 0.05) is 29.2 Å². The van der Waals surface area contributed by atoms with Crippen molar-refractivity contribution >= 4 is 27.7 Å². The third kappa shape index (κ3) is 1.81. The molecule has 0 saturated carbocycles. The molecule has 2 rings (SSSR count). The zero-order valence-electron chi connectivity index (χ0n) is 6.46. The van der Waals surface area contributed by atoms with E-state index >= 15 is 0 Å². The van der Waals surface area contributed by atoms with E-state index in [0.717, 1.165) is 11.0 Å². The van der Waals surface area contributed by atoms with Gasteiger partial charge in [-0.15, -0.1) is 11.8 Å². The molecule has 1 atom stereocenters. The molecule has 1 aromatic rings. The molecule has 0 spiro atoms. The number of nitrogens with zero attached hydrogens (tertiary/aromatic N) is 1. The van der Waals surface area contributed by atoms with Crippen LogP contribution in [-0.4, -0.2) is 17.3 Å². The molecule has 1 unspecified atom stereocenters. The number of pyridine rings is 1. The van der Waals surface area contributed by atoms with Crippen molar-refractivity contribution in [1.82, 2.24) is 10.3 Å². The number of hydrogen-bond acceptors (Lipinski definition) is 3. The SMILES string of the molecule is Brc1cncc(C2NCCS2)c1. The predicted molar refractivity (Wildman–Crippen MR) is 55.1 cm³/mol. The molecule has 4 heteroatoms. The molecular formula is C8H9BrN2S. The van der Waals surface area contributed by atoms with Crippen molar-refractivity contribution in [1.29, 1.82) is 0 Å². The van der Waals surface area contributed by atoms with Gasteiger partial charge in [0.15, 0.2) is 0 Å². The zero-order valence-corrected chi connectivity index (χ0v) is 8.86. The molecule has 2 heterocycles. The number of aromatic nitrogens is 1. The van der Waals surface area contributed by atoms with Gasteiger partial charge in [0.25, 0.3) is 0 Å². The second-order valence-corrected chi connectivity index (χ2v) is 4.77. The van der Waals surface area contributed by atoms with Gasteiger partial charge in [-0.05, 0) is 27.6 Å². The molecule has 0 amide bonds. The van der Waals surface area contributed by atoms with Crippen LogP contribution in [0.15, 0.2) is 22.9 Å². The van der Waals surface area contributed by atoms with Crippen LogP contribution in [0, 0.1) is 0 Å². The molecule has 0 aromatic carbocycles. The summed E-state index contributed by atoms with van der Waals surface area (Å²) in [5.41, 5.74) is 1.26. The lowest BCUT2D eigenvalue weighted by molar-refractivity contribution is 0.747.